The molecule has 2 saturated heterocycles. The number of carbonyl (C=O) groups is 1. The lowest BCUT2D eigenvalue weighted by Crippen LogP contribution is -2.53. The van der Waals surface area contributed by atoms with Gasteiger partial charge in [0.2, 0.25) is 5.91 Å². The number of rotatable bonds is 4. The van der Waals surface area contributed by atoms with Crippen LogP contribution in [0.1, 0.15) is 11.1 Å². The first kappa shape index (κ1) is 15.3. The summed E-state index contributed by atoms with van der Waals surface area (Å²) in [5, 5.41) is 0. The highest BCUT2D eigenvalue weighted by Crippen LogP contribution is 2.26. The van der Waals surface area contributed by atoms with E-state index in [0.29, 0.717) is 6.54 Å². The Labute approximate surface area is 141 Å². The molecule has 2 aliphatic heterocycles. The van der Waals surface area contributed by atoms with Crippen LogP contribution in [0.4, 0.5) is 0 Å². The smallest absolute Gasteiger partial charge is 0.249 e. The Balaban J connectivity index is 1.47. The van der Waals surface area contributed by atoms with Gasteiger partial charge >= 0.3 is 0 Å². The number of ether oxygens (including phenoxy) is 1. The minimum absolute atomic E-state index is 0.0888. The van der Waals surface area contributed by atoms with Gasteiger partial charge in [-0.1, -0.05) is 30.3 Å². The second kappa shape index (κ2) is 6.71. The van der Waals surface area contributed by atoms with Crippen LogP contribution in [0, 0.1) is 0 Å². The Morgan fingerprint density at radius 2 is 1.75 bits per heavy atom. The number of carbonyl (C=O) groups excluding carboxylic acids is 1. The average molecular weight is 323 g/mol. The van der Waals surface area contributed by atoms with E-state index >= 15 is 0 Å². The fraction of sp³-hybridized carbons (Fsp3) is 0.368. The third kappa shape index (κ3) is 3.18. The van der Waals surface area contributed by atoms with Gasteiger partial charge in [0.05, 0.1) is 12.1 Å². The summed E-state index contributed by atoms with van der Waals surface area (Å²) in [5.41, 5.74) is 2.41. The summed E-state index contributed by atoms with van der Waals surface area (Å²) < 4.78 is 5.80. The second-order valence-corrected chi connectivity index (χ2v) is 6.47. The number of amides is 1. The molecule has 0 aliphatic carbocycles. The molecule has 4 rings (SSSR count). The first-order valence-electron chi connectivity index (χ1n) is 8.36. The molecule has 0 unspecified atom stereocenters. The van der Waals surface area contributed by atoms with Crippen molar-refractivity contribution in [3.05, 3.63) is 66.0 Å². The molecule has 2 aromatic rings. The van der Waals surface area contributed by atoms with Crippen molar-refractivity contribution in [3.63, 3.8) is 0 Å². The van der Waals surface area contributed by atoms with Crippen LogP contribution in [0.5, 0.6) is 0 Å². The van der Waals surface area contributed by atoms with Gasteiger partial charge in [0.25, 0.3) is 0 Å². The van der Waals surface area contributed by atoms with Crippen molar-refractivity contribution in [2.24, 2.45) is 0 Å². The first-order valence-corrected chi connectivity index (χ1v) is 8.36. The normalized spacial score (nSPS) is 24.2. The summed E-state index contributed by atoms with van der Waals surface area (Å²) in [4.78, 5) is 20.8. The van der Waals surface area contributed by atoms with Gasteiger partial charge in [-0.2, -0.15) is 0 Å². The van der Waals surface area contributed by atoms with Crippen LogP contribution in [0.25, 0.3) is 0 Å². The Hall–Kier alpha value is -2.24. The molecule has 3 heterocycles. The molecule has 2 atom stereocenters. The molecule has 1 amide bonds. The zero-order valence-electron chi connectivity index (χ0n) is 13.5. The summed E-state index contributed by atoms with van der Waals surface area (Å²) in [6.07, 6.45) is 3.74. The molecule has 0 N–H and O–H groups in total. The number of nitrogens with zero attached hydrogens (tertiary/aromatic N) is 3. The summed E-state index contributed by atoms with van der Waals surface area (Å²) in [6, 6.07) is 14.4. The van der Waals surface area contributed by atoms with E-state index < -0.39 is 0 Å². The molecule has 0 bridgehead atoms. The number of pyridine rings is 1. The van der Waals surface area contributed by atoms with Gasteiger partial charge in [0, 0.05) is 38.6 Å². The molecule has 2 aliphatic rings. The van der Waals surface area contributed by atoms with Crippen molar-refractivity contribution in [2.45, 2.75) is 25.2 Å². The predicted molar refractivity (Wildman–Crippen MR) is 90.0 cm³/mol. The van der Waals surface area contributed by atoms with E-state index in [1.165, 1.54) is 11.1 Å². The summed E-state index contributed by atoms with van der Waals surface area (Å²) in [7, 11) is 0. The number of benzene rings is 1. The molecular weight excluding hydrogens is 302 g/mol. The number of fused-ring (bicyclic) bond motifs is 1. The largest absolute Gasteiger partial charge is 0.365 e. The van der Waals surface area contributed by atoms with Crippen molar-refractivity contribution in [2.75, 3.05) is 19.7 Å². The highest BCUT2D eigenvalue weighted by atomic mass is 16.5. The lowest BCUT2D eigenvalue weighted by molar-refractivity contribution is -0.153. The fourth-order valence-electron chi connectivity index (χ4n) is 3.60. The second-order valence-electron chi connectivity index (χ2n) is 6.47. The number of aromatic nitrogens is 1. The SMILES string of the molecule is O=C1CO[C@@H]2CN(Cc3ccncc3)C[C@H]2N1Cc1ccccc1. The van der Waals surface area contributed by atoms with Gasteiger partial charge in [-0.3, -0.25) is 14.7 Å². The predicted octanol–water partition coefficient (Wildman–Crippen LogP) is 1.69. The van der Waals surface area contributed by atoms with Gasteiger partial charge in [0.1, 0.15) is 6.61 Å². The minimum Gasteiger partial charge on any atom is -0.365 e. The van der Waals surface area contributed by atoms with E-state index in [-0.39, 0.29) is 24.7 Å². The van der Waals surface area contributed by atoms with Crippen molar-refractivity contribution >= 4 is 5.91 Å². The van der Waals surface area contributed by atoms with Crippen LogP contribution < -0.4 is 0 Å². The molecule has 1 aromatic heterocycles. The molecule has 2 fully saturated rings. The summed E-state index contributed by atoms with van der Waals surface area (Å²) in [5.74, 6) is 0.0888. The van der Waals surface area contributed by atoms with Crippen LogP contribution in [-0.2, 0) is 22.6 Å². The highest BCUT2D eigenvalue weighted by Gasteiger charge is 2.42. The lowest BCUT2D eigenvalue weighted by atomic mass is 10.1. The van der Waals surface area contributed by atoms with Gasteiger partial charge in [-0.05, 0) is 23.3 Å². The molecule has 0 saturated carbocycles. The van der Waals surface area contributed by atoms with E-state index in [2.05, 4.69) is 22.0 Å². The maximum Gasteiger partial charge on any atom is 0.249 e. The molecular formula is C19H21N3O2. The van der Waals surface area contributed by atoms with E-state index in [4.69, 9.17) is 4.74 Å². The fourth-order valence-corrected chi connectivity index (χ4v) is 3.60. The Morgan fingerprint density at radius 1 is 1.00 bits per heavy atom. The first-order chi connectivity index (χ1) is 11.8. The number of likely N-dealkylation sites (tertiary alicyclic amines) is 1. The van der Waals surface area contributed by atoms with Gasteiger partial charge in [-0.15, -0.1) is 0 Å². The summed E-state index contributed by atoms with van der Waals surface area (Å²) in [6.45, 7) is 3.44. The van der Waals surface area contributed by atoms with Crippen LogP contribution >= 0.6 is 0 Å². The van der Waals surface area contributed by atoms with E-state index in [9.17, 15) is 4.79 Å². The molecule has 5 heteroatoms. The van der Waals surface area contributed by atoms with E-state index in [1.54, 1.807) is 0 Å². The number of hydrogen-bond acceptors (Lipinski definition) is 4. The standard InChI is InChI=1S/C19H21N3O2/c23-19-14-24-18-13-21(10-16-6-8-20-9-7-16)12-17(18)22(19)11-15-4-2-1-3-5-15/h1-9,17-18H,10-14H2/t17-,18-/m1/s1. The molecule has 0 radical (unpaired) electrons. The van der Waals surface area contributed by atoms with Crippen LogP contribution in [0.2, 0.25) is 0 Å². The Morgan fingerprint density at radius 3 is 2.54 bits per heavy atom. The summed E-state index contributed by atoms with van der Waals surface area (Å²) >= 11 is 0. The maximum atomic E-state index is 12.4. The van der Waals surface area contributed by atoms with Crippen LogP contribution in [0.15, 0.2) is 54.9 Å². The molecule has 5 nitrogen and oxygen atoms in total. The third-order valence-corrected chi connectivity index (χ3v) is 4.81. The van der Waals surface area contributed by atoms with Crippen molar-refractivity contribution in [1.82, 2.24) is 14.8 Å². The Bertz CT molecular complexity index is 692. The van der Waals surface area contributed by atoms with E-state index in [1.807, 2.05) is 47.6 Å². The highest BCUT2D eigenvalue weighted by molar-refractivity contribution is 5.78. The third-order valence-electron chi connectivity index (χ3n) is 4.81. The topological polar surface area (TPSA) is 45.7 Å². The zero-order valence-corrected chi connectivity index (χ0v) is 13.5. The zero-order chi connectivity index (χ0) is 16.4. The monoisotopic (exact) mass is 323 g/mol. The van der Waals surface area contributed by atoms with Crippen molar-refractivity contribution in [1.29, 1.82) is 0 Å². The number of morpholine rings is 1. The average Bonchev–Trinajstić information content (AvgIpc) is 3.02. The molecule has 0 spiro atoms. The molecule has 124 valence electrons. The maximum absolute atomic E-state index is 12.4. The lowest BCUT2D eigenvalue weighted by Gasteiger charge is -2.36. The molecule has 24 heavy (non-hydrogen) atoms. The number of hydrogen-bond donors (Lipinski definition) is 0. The van der Waals surface area contributed by atoms with Crippen LogP contribution in [-0.4, -0.2) is 52.5 Å². The van der Waals surface area contributed by atoms with Gasteiger partial charge in [-0.25, -0.2) is 0 Å². The quantitative estimate of drug-likeness (QED) is 0.859. The van der Waals surface area contributed by atoms with Crippen LogP contribution in [0.3, 0.4) is 0 Å². The van der Waals surface area contributed by atoms with Gasteiger partial charge in [0.15, 0.2) is 0 Å². The van der Waals surface area contributed by atoms with Crippen molar-refractivity contribution in [3.8, 4) is 0 Å². The van der Waals surface area contributed by atoms with Crippen molar-refractivity contribution < 1.29 is 9.53 Å². The Kier molecular flexibility index (Phi) is 4.28. The van der Waals surface area contributed by atoms with Gasteiger partial charge < -0.3 is 9.64 Å². The molecule has 1 aromatic carbocycles. The van der Waals surface area contributed by atoms with E-state index in [0.717, 1.165) is 19.6 Å². The minimum atomic E-state index is 0.0888.